The van der Waals surface area contributed by atoms with Gasteiger partial charge in [0.2, 0.25) is 5.91 Å². The van der Waals surface area contributed by atoms with Gasteiger partial charge in [0, 0.05) is 19.2 Å². The number of carbonyl (C=O) groups is 2. The van der Waals surface area contributed by atoms with Crippen LogP contribution >= 0.6 is 0 Å². The van der Waals surface area contributed by atoms with Crippen LogP contribution < -0.4 is 5.32 Å². The summed E-state index contributed by atoms with van der Waals surface area (Å²) in [5.41, 5.74) is 0. The van der Waals surface area contributed by atoms with Crippen molar-refractivity contribution in [2.75, 3.05) is 25.2 Å². The molecular weight excluding hydrogens is 234 g/mol. The molecule has 0 aliphatic rings. The van der Waals surface area contributed by atoms with Crippen molar-refractivity contribution >= 4 is 21.7 Å². The standard InChI is InChI=1S/C9H17NO5S/c1-3-15-9(12)4-6-10-8(11)5-7-16(2,13)14/h3-7H2,1-2H3,(H,10,11). The van der Waals surface area contributed by atoms with E-state index in [-0.39, 0.29) is 37.0 Å². The fraction of sp³-hybridized carbons (Fsp3) is 0.778. The van der Waals surface area contributed by atoms with E-state index in [1.807, 2.05) is 0 Å². The summed E-state index contributed by atoms with van der Waals surface area (Å²) in [6, 6.07) is 0. The van der Waals surface area contributed by atoms with Gasteiger partial charge in [-0.3, -0.25) is 9.59 Å². The van der Waals surface area contributed by atoms with Crippen molar-refractivity contribution in [1.29, 1.82) is 0 Å². The molecule has 0 heterocycles. The highest BCUT2D eigenvalue weighted by Crippen LogP contribution is 1.90. The summed E-state index contributed by atoms with van der Waals surface area (Å²) < 4.78 is 26.1. The van der Waals surface area contributed by atoms with Gasteiger partial charge in [-0.25, -0.2) is 8.42 Å². The van der Waals surface area contributed by atoms with E-state index in [4.69, 9.17) is 0 Å². The van der Waals surface area contributed by atoms with Crippen LogP contribution in [0.1, 0.15) is 19.8 Å². The third-order valence-electron chi connectivity index (χ3n) is 1.66. The molecule has 0 atom stereocenters. The summed E-state index contributed by atoms with van der Waals surface area (Å²) in [5.74, 6) is -0.946. The molecule has 0 fully saturated rings. The molecule has 0 bridgehead atoms. The van der Waals surface area contributed by atoms with E-state index in [1.54, 1.807) is 6.92 Å². The molecule has 16 heavy (non-hydrogen) atoms. The normalized spacial score (nSPS) is 10.9. The van der Waals surface area contributed by atoms with E-state index < -0.39 is 9.84 Å². The Morgan fingerprint density at radius 2 is 1.88 bits per heavy atom. The van der Waals surface area contributed by atoms with Gasteiger partial charge in [0.15, 0.2) is 0 Å². The first-order chi connectivity index (χ1) is 7.35. The molecule has 0 aromatic rings. The number of amides is 1. The van der Waals surface area contributed by atoms with Crippen molar-refractivity contribution in [3.8, 4) is 0 Å². The Morgan fingerprint density at radius 1 is 1.25 bits per heavy atom. The number of ether oxygens (including phenoxy) is 1. The van der Waals surface area contributed by atoms with Crippen molar-refractivity contribution in [2.45, 2.75) is 19.8 Å². The number of rotatable bonds is 7. The molecule has 0 aliphatic heterocycles. The lowest BCUT2D eigenvalue weighted by Gasteiger charge is -2.04. The molecule has 0 aliphatic carbocycles. The first-order valence-electron chi connectivity index (χ1n) is 4.95. The number of nitrogens with one attached hydrogen (secondary N) is 1. The SMILES string of the molecule is CCOC(=O)CCNC(=O)CCS(C)(=O)=O. The van der Waals surface area contributed by atoms with Crippen LogP contribution in [-0.2, 0) is 24.2 Å². The van der Waals surface area contributed by atoms with Gasteiger partial charge in [0.25, 0.3) is 0 Å². The summed E-state index contributed by atoms with van der Waals surface area (Å²) in [6.45, 7) is 2.17. The van der Waals surface area contributed by atoms with Crippen molar-refractivity contribution < 1.29 is 22.7 Å². The molecule has 0 radical (unpaired) electrons. The smallest absolute Gasteiger partial charge is 0.307 e. The van der Waals surface area contributed by atoms with Crippen molar-refractivity contribution in [1.82, 2.24) is 5.32 Å². The molecule has 0 spiro atoms. The molecular formula is C9H17NO5S. The summed E-state index contributed by atoms with van der Waals surface area (Å²) in [5, 5.41) is 2.44. The molecule has 1 amide bonds. The Labute approximate surface area is 95.3 Å². The zero-order chi connectivity index (χ0) is 12.6. The third kappa shape index (κ3) is 9.45. The second-order valence-corrected chi connectivity index (χ2v) is 5.54. The van der Waals surface area contributed by atoms with Crippen LogP contribution in [0.15, 0.2) is 0 Å². The second-order valence-electron chi connectivity index (χ2n) is 3.28. The lowest BCUT2D eigenvalue weighted by Crippen LogP contribution is -2.28. The van der Waals surface area contributed by atoms with E-state index >= 15 is 0 Å². The molecule has 0 rings (SSSR count). The minimum absolute atomic E-state index is 0.0817. The van der Waals surface area contributed by atoms with Crippen molar-refractivity contribution in [3.63, 3.8) is 0 Å². The topological polar surface area (TPSA) is 89.5 Å². The highest BCUT2D eigenvalue weighted by atomic mass is 32.2. The summed E-state index contributed by atoms with van der Waals surface area (Å²) in [7, 11) is -3.12. The van der Waals surface area contributed by atoms with Gasteiger partial charge in [0.1, 0.15) is 9.84 Å². The van der Waals surface area contributed by atoms with Crippen LogP contribution in [0.3, 0.4) is 0 Å². The summed E-state index contributed by atoms with van der Waals surface area (Å²) >= 11 is 0. The average molecular weight is 251 g/mol. The monoisotopic (exact) mass is 251 g/mol. The first kappa shape index (κ1) is 14.9. The van der Waals surface area contributed by atoms with Crippen LogP contribution in [0, 0.1) is 0 Å². The number of sulfone groups is 1. The summed E-state index contributed by atoms with van der Waals surface area (Å²) in [4.78, 5) is 22.0. The molecule has 0 aromatic carbocycles. The molecule has 0 unspecified atom stereocenters. The molecule has 94 valence electrons. The van der Waals surface area contributed by atoms with Gasteiger partial charge in [-0.1, -0.05) is 0 Å². The second kappa shape index (κ2) is 7.21. The van der Waals surface area contributed by atoms with E-state index in [2.05, 4.69) is 10.1 Å². The van der Waals surface area contributed by atoms with E-state index in [1.165, 1.54) is 0 Å². The Balaban J connectivity index is 3.63. The van der Waals surface area contributed by atoms with E-state index in [0.29, 0.717) is 6.61 Å². The van der Waals surface area contributed by atoms with E-state index in [9.17, 15) is 18.0 Å². The zero-order valence-electron chi connectivity index (χ0n) is 9.49. The highest BCUT2D eigenvalue weighted by molar-refractivity contribution is 7.90. The predicted molar refractivity (Wildman–Crippen MR) is 58.6 cm³/mol. The highest BCUT2D eigenvalue weighted by Gasteiger charge is 2.08. The Hall–Kier alpha value is -1.11. The van der Waals surface area contributed by atoms with Crippen LogP contribution in [0.25, 0.3) is 0 Å². The first-order valence-corrected chi connectivity index (χ1v) is 7.01. The average Bonchev–Trinajstić information content (AvgIpc) is 2.14. The Morgan fingerprint density at radius 3 is 2.38 bits per heavy atom. The molecule has 0 aromatic heterocycles. The third-order valence-corrected chi connectivity index (χ3v) is 2.60. The van der Waals surface area contributed by atoms with Gasteiger partial charge in [-0.05, 0) is 6.92 Å². The molecule has 0 saturated carbocycles. The van der Waals surface area contributed by atoms with Crippen LogP contribution in [-0.4, -0.2) is 45.5 Å². The fourth-order valence-electron chi connectivity index (χ4n) is 0.904. The van der Waals surface area contributed by atoms with E-state index in [0.717, 1.165) is 6.26 Å². The fourth-order valence-corrected chi connectivity index (χ4v) is 1.46. The number of esters is 1. The van der Waals surface area contributed by atoms with Gasteiger partial charge in [-0.15, -0.1) is 0 Å². The minimum atomic E-state index is -3.12. The van der Waals surface area contributed by atoms with Gasteiger partial charge in [-0.2, -0.15) is 0 Å². The molecule has 0 saturated heterocycles. The largest absolute Gasteiger partial charge is 0.466 e. The molecule has 7 heteroatoms. The van der Waals surface area contributed by atoms with Crippen molar-refractivity contribution in [3.05, 3.63) is 0 Å². The Kier molecular flexibility index (Phi) is 6.71. The zero-order valence-corrected chi connectivity index (χ0v) is 10.3. The lowest BCUT2D eigenvalue weighted by molar-refractivity contribution is -0.143. The van der Waals surface area contributed by atoms with Gasteiger partial charge >= 0.3 is 5.97 Å². The van der Waals surface area contributed by atoms with Crippen molar-refractivity contribution in [2.24, 2.45) is 0 Å². The minimum Gasteiger partial charge on any atom is -0.466 e. The number of carbonyl (C=O) groups excluding carboxylic acids is 2. The van der Waals surface area contributed by atoms with Crippen LogP contribution in [0.4, 0.5) is 0 Å². The maximum absolute atomic E-state index is 11.1. The Bertz CT molecular complexity index is 336. The maximum atomic E-state index is 11.1. The molecule has 6 nitrogen and oxygen atoms in total. The number of hydrogen-bond donors (Lipinski definition) is 1. The van der Waals surface area contributed by atoms with Gasteiger partial charge < -0.3 is 10.1 Å². The lowest BCUT2D eigenvalue weighted by atomic mass is 10.4. The maximum Gasteiger partial charge on any atom is 0.307 e. The number of hydrogen-bond acceptors (Lipinski definition) is 5. The van der Waals surface area contributed by atoms with Gasteiger partial charge in [0.05, 0.1) is 18.8 Å². The quantitative estimate of drug-likeness (QED) is 0.615. The molecule has 1 N–H and O–H groups in total. The predicted octanol–water partition coefficient (Wildman–Crippen LogP) is -0.509. The summed E-state index contributed by atoms with van der Waals surface area (Å²) in [6.07, 6.45) is 1.08. The van der Waals surface area contributed by atoms with Crippen LogP contribution in [0.5, 0.6) is 0 Å². The van der Waals surface area contributed by atoms with Crippen LogP contribution in [0.2, 0.25) is 0 Å².